The van der Waals surface area contributed by atoms with Crippen molar-refractivity contribution in [3.8, 4) is 11.7 Å². The molecule has 0 saturated carbocycles. The SMILES string of the molecule is CCCC#C[B-](CCCC)(CCCC)CCCC.[Li+]. The largest absolute Gasteiger partial charge is 1.00 e. The summed E-state index contributed by atoms with van der Waals surface area (Å²) in [6, 6.07) is 0. The molecule has 0 aromatic heterocycles. The van der Waals surface area contributed by atoms with E-state index in [2.05, 4.69) is 39.4 Å². The van der Waals surface area contributed by atoms with Crippen molar-refractivity contribution >= 4 is 6.15 Å². The van der Waals surface area contributed by atoms with Crippen LogP contribution in [0.25, 0.3) is 0 Å². The van der Waals surface area contributed by atoms with E-state index < -0.39 is 0 Å². The van der Waals surface area contributed by atoms with Crippen LogP contribution in [0, 0.1) is 11.7 Å². The molecule has 0 aliphatic heterocycles. The standard InChI is InChI=1S/C17H34B.Li/c1-5-9-13-17-18(14-10-6-2,15-11-7-3)16-12-8-4;/h5-12,14-16H2,1-4H3;/q-1;+1. The van der Waals surface area contributed by atoms with Crippen molar-refractivity contribution in [3.05, 3.63) is 0 Å². The molecule has 19 heavy (non-hydrogen) atoms. The maximum absolute atomic E-state index is 3.75. The quantitative estimate of drug-likeness (QED) is 0.416. The summed E-state index contributed by atoms with van der Waals surface area (Å²) >= 11 is 0. The normalized spacial score (nSPS) is 10.5. The van der Waals surface area contributed by atoms with Gasteiger partial charge in [0.2, 0.25) is 0 Å². The Balaban J connectivity index is 0. The second kappa shape index (κ2) is 14.6. The first-order valence-corrected chi connectivity index (χ1v) is 8.45. The van der Waals surface area contributed by atoms with Gasteiger partial charge in [0, 0.05) is 6.42 Å². The Kier molecular flexibility index (Phi) is 16.6. The summed E-state index contributed by atoms with van der Waals surface area (Å²) in [6.07, 6.45) is 14.1. The topological polar surface area (TPSA) is 0 Å². The smallest absolute Gasteiger partial charge is 0.315 e. The minimum Gasteiger partial charge on any atom is -0.315 e. The van der Waals surface area contributed by atoms with Gasteiger partial charge in [-0.3, -0.25) is 0 Å². The molecule has 0 radical (unpaired) electrons. The Morgan fingerprint density at radius 1 is 0.684 bits per heavy atom. The summed E-state index contributed by atoms with van der Waals surface area (Å²) in [4.78, 5) is 0. The summed E-state index contributed by atoms with van der Waals surface area (Å²) in [5.41, 5.74) is 0. The molecule has 0 unspecified atom stereocenters. The third kappa shape index (κ3) is 10.6. The molecule has 106 valence electrons. The van der Waals surface area contributed by atoms with Gasteiger partial charge in [-0.1, -0.05) is 66.2 Å². The van der Waals surface area contributed by atoms with E-state index in [0.29, 0.717) is 0 Å². The van der Waals surface area contributed by atoms with Crippen molar-refractivity contribution in [3.63, 3.8) is 0 Å². The van der Waals surface area contributed by atoms with Crippen molar-refractivity contribution in [2.75, 3.05) is 0 Å². The molecule has 0 aromatic carbocycles. The molecule has 0 aliphatic rings. The second-order valence-electron chi connectivity index (χ2n) is 5.98. The molecular formula is C17H34BLi. The van der Waals surface area contributed by atoms with Crippen LogP contribution in [0.3, 0.4) is 0 Å². The molecule has 0 aliphatic carbocycles. The fourth-order valence-electron chi connectivity index (χ4n) is 2.85. The third-order valence-corrected chi connectivity index (χ3v) is 4.11. The van der Waals surface area contributed by atoms with E-state index in [4.69, 9.17) is 0 Å². The molecule has 2 heteroatoms. The maximum Gasteiger partial charge on any atom is 1.00 e. The van der Waals surface area contributed by atoms with Crippen LogP contribution >= 0.6 is 0 Å². The van der Waals surface area contributed by atoms with E-state index in [-0.39, 0.29) is 25.0 Å². The molecule has 0 atom stereocenters. The van der Waals surface area contributed by atoms with E-state index in [9.17, 15) is 0 Å². The Hall–Kier alpha value is 0.222. The Morgan fingerprint density at radius 2 is 1.11 bits per heavy atom. The molecular weight excluding hydrogens is 222 g/mol. The van der Waals surface area contributed by atoms with Crippen LogP contribution in [0.5, 0.6) is 0 Å². The van der Waals surface area contributed by atoms with Gasteiger partial charge in [0.25, 0.3) is 0 Å². The second-order valence-corrected chi connectivity index (χ2v) is 5.98. The molecule has 0 aromatic rings. The van der Waals surface area contributed by atoms with Crippen LogP contribution in [0.4, 0.5) is 0 Å². The van der Waals surface area contributed by atoms with Gasteiger partial charge >= 0.3 is 18.9 Å². The van der Waals surface area contributed by atoms with Crippen molar-refractivity contribution in [2.45, 2.75) is 98.0 Å². The van der Waals surface area contributed by atoms with E-state index in [1.54, 1.807) is 0 Å². The Bertz CT molecular complexity index is 218. The van der Waals surface area contributed by atoms with Crippen molar-refractivity contribution < 1.29 is 18.9 Å². The number of rotatable bonds is 10. The zero-order chi connectivity index (χ0) is 13.7. The minimum absolute atomic E-state index is 0. The van der Waals surface area contributed by atoms with Gasteiger partial charge in [0.1, 0.15) is 0 Å². The van der Waals surface area contributed by atoms with E-state index in [0.717, 1.165) is 6.42 Å². The van der Waals surface area contributed by atoms with Crippen LogP contribution in [-0.2, 0) is 0 Å². The summed E-state index contributed by atoms with van der Waals surface area (Å²) in [5.74, 6) is 7.23. The first kappa shape index (κ1) is 21.5. The van der Waals surface area contributed by atoms with E-state index >= 15 is 0 Å². The molecule has 0 rings (SSSR count). The fraction of sp³-hybridized carbons (Fsp3) is 0.882. The van der Waals surface area contributed by atoms with Crippen molar-refractivity contribution in [2.24, 2.45) is 0 Å². The minimum atomic E-state index is -0.376. The van der Waals surface area contributed by atoms with E-state index in [1.807, 2.05) is 0 Å². The van der Waals surface area contributed by atoms with Gasteiger partial charge in [0.05, 0.1) is 6.15 Å². The van der Waals surface area contributed by atoms with Crippen LogP contribution in [0.15, 0.2) is 0 Å². The first-order valence-electron chi connectivity index (χ1n) is 8.45. The van der Waals surface area contributed by atoms with Gasteiger partial charge in [-0.05, 0) is 6.42 Å². The van der Waals surface area contributed by atoms with Crippen molar-refractivity contribution in [1.29, 1.82) is 0 Å². The molecule has 0 bridgehead atoms. The predicted molar refractivity (Wildman–Crippen MR) is 87.6 cm³/mol. The number of unbranched alkanes of at least 4 members (excludes halogenated alkanes) is 4. The third-order valence-electron chi connectivity index (χ3n) is 4.11. The zero-order valence-electron chi connectivity index (χ0n) is 14.4. The zero-order valence-corrected chi connectivity index (χ0v) is 14.4. The van der Waals surface area contributed by atoms with Crippen LogP contribution in [-0.4, -0.2) is 6.15 Å². The number of hydrogen-bond acceptors (Lipinski definition) is 0. The van der Waals surface area contributed by atoms with Gasteiger partial charge < -0.3 is 5.82 Å². The molecule has 0 spiro atoms. The summed E-state index contributed by atoms with van der Waals surface area (Å²) in [5, 5.41) is 0. The Morgan fingerprint density at radius 3 is 1.42 bits per heavy atom. The van der Waals surface area contributed by atoms with Crippen LogP contribution in [0.2, 0.25) is 19.0 Å². The molecule has 0 amide bonds. The van der Waals surface area contributed by atoms with Crippen LogP contribution in [0.1, 0.15) is 79.1 Å². The maximum atomic E-state index is 3.75. The van der Waals surface area contributed by atoms with Crippen LogP contribution < -0.4 is 18.9 Å². The number of hydrogen-bond donors (Lipinski definition) is 0. The molecule has 0 nitrogen and oxygen atoms in total. The van der Waals surface area contributed by atoms with Gasteiger partial charge in [-0.2, -0.15) is 24.9 Å². The van der Waals surface area contributed by atoms with Gasteiger partial charge in [-0.15, -0.1) is 0 Å². The summed E-state index contributed by atoms with van der Waals surface area (Å²) in [6.45, 7) is 9.15. The molecule has 0 saturated heterocycles. The predicted octanol–water partition coefficient (Wildman–Crippen LogP) is 3.18. The average Bonchev–Trinajstić information content (AvgIpc) is 2.40. The van der Waals surface area contributed by atoms with Gasteiger partial charge in [0.15, 0.2) is 0 Å². The van der Waals surface area contributed by atoms with Crippen molar-refractivity contribution in [1.82, 2.24) is 0 Å². The first-order chi connectivity index (χ1) is 8.74. The molecule has 0 N–H and O–H groups in total. The average molecular weight is 256 g/mol. The molecule has 0 fully saturated rings. The summed E-state index contributed by atoms with van der Waals surface area (Å²) in [7, 11) is 0. The monoisotopic (exact) mass is 256 g/mol. The van der Waals surface area contributed by atoms with Gasteiger partial charge in [-0.25, -0.2) is 0 Å². The summed E-state index contributed by atoms with van der Waals surface area (Å²) < 4.78 is 0. The Labute approximate surface area is 135 Å². The fourth-order valence-corrected chi connectivity index (χ4v) is 2.85. The molecule has 0 heterocycles. The van der Waals surface area contributed by atoms with E-state index in [1.165, 1.54) is 63.9 Å².